The Hall–Kier alpha value is -3.41. The number of hydrogen-bond acceptors (Lipinski definition) is 4. The Bertz CT molecular complexity index is 894. The van der Waals surface area contributed by atoms with Crippen molar-refractivity contribution in [2.75, 3.05) is 5.32 Å². The molecule has 6 nitrogen and oxygen atoms in total. The SMILES string of the molecule is c1ccc(-c2[nH]ncc2CNc2ccc(-n3ccnn3)cc2)cc1. The number of benzene rings is 2. The molecule has 0 bridgehead atoms. The Balaban J connectivity index is 1.47. The Morgan fingerprint density at radius 2 is 1.83 bits per heavy atom. The normalized spacial score (nSPS) is 10.7. The van der Waals surface area contributed by atoms with Gasteiger partial charge in [0.2, 0.25) is 0 Å². The molecular weight excluding hydrogens is 300 g/mol. The molecule has 0 saturated carbocycles. The molecule has 24 heavy (non-hydrogen) atoms. The van der Waals surface area contributed by atoms with Gasteiger partial charge in [-0.3, -0.25) is 5.10 Å². The molecule has 0 aliphatic rings. The van der Waals surface area contributed by atoms with Crippen molar-refractivity contribution in [1.82, 2.24) is 25.2 Å². The van der Waals surface area contributed by atoms with Crippen molar-refractivity contribution in [2.24, 2.45) is 0 Å². The van der Waals surface area contributed by atoms with Crippen LogP contribution >= 0.6 is 0 Å². The third kappa shape index (κ3) is 2.89. The molecule has 0 aliphatic heterocycles. The quantitative estimate of drug-likeness (QED) is 0.593. The van der Waals surface area contributed by atoms with Crippen molar-refractivity contribution in [3.05, 3.63) is 78.8 Å². The highest BCUT2D eigenvalue weighted by Crippen LogP contribution is 2.22. The molecule has 2 heterocycles. The lowest BCUT2D eigenvalue weighted by molar-refractivity contribution is 0.803. The van der Waals surface area contributed by atoms with E-state index in [0.717, 1.165) is 28.2 Å². The summed E-state index contributed by atoms with van der Waals surface area (Å²) in [6.45, 7) is 0.698. The van der Waals surface area contributed by atoms with Crippen LogP contribution in [0, 0.1) is 0 Å². The highest BCUT2D eigenvalue weighted by Gasteiger charge is 2.07. The first-order valence-corrected chi connectivity index (χ1v) is 7.68. The second kappa shape index (κ2) is 6.37. The van der Waals surface area contributed by atoms with Crippen molar-refractivity contribution in [2.45, 2.75) is 6.54 Å². The van der Waals surface area contributed by atoms with Crippen molar-refractivity contribution < 1.29 is 0 Å². The maximum absolute atomic E-state index is 4.18. The van der Waals surface area contributed by atoms with Gasteiger partial charge in [0, 0.05) is 17.8 Å². The Morgan fingerprint density at radius 3 is 2.58 bits per heavy atom. The summed E-state index contributed by atoms with van der Waals surface area (Å²) in [5.41, 5.74) is 5.32. The Labute approximate surface area is 139 Å². The van der Waals surface area contributed by atoms with Crippen LogP contribution < -0.4 is 5.32 Å². The number of nitrogens with zero attached hydrogens (tertiary/aromatic N) is 4. The molecular formula is C18H16N6. The van der Waals surface area contributed by atoms with Gasteiger partial charge in [-0.05, 0) is 29.8 Å². The van der Waals surface area contributed by atoms with Crippen LogP contribution in [0.1, 0.15) is 5.56 Å². The lowest BCUT2D eigenvalue weighted by Crippen LogP contribution is -2.01. The fourth-order valence-electron chi connectivity index (χ4n) is 2.58. The van der Waals surface area contributed by atoms with Crippen LogP contribution in [0.2, 0.25) is 0 Å². The number of aromatic nitrogens is 5. The molecule has 0 unspecified atom stereocenters. The zero-order chi connectivity index (χ0) is 16.2. The van der Waals surface area contributed by atoms with E-state index in [0.29, 0.717) is 6.54 Å². The van der Waals surface area contributed by atoms with E-state index in [1.54, 1.807) is 10.9 Å². The molecule has 4 rings (SSSR count). The number of H-pyrrole nitrogens is 1. The first-order chi connectivity index (χ1) is 11.9. The summed E-state index contributed by atoms with van der Waals surface area (Å²) in [4.78, 5) is 0. The lowest BCUT2D eigenvalue weighted by Gasteiger charge is -2.08. The minimum Gasteiger partial charge on any atom is -0.381 e. The van der Waals surface area contributed by atoms with E-state index in [1.807, 2.05) is 54.9 Å². The summed E-state index contributed by atoms with van der Waals surface area (Å²) < 4.78 is 1.73. The summed E-state index contributed by atoms with van der Waals surface area (Å²) in [6, 6.07) is 18.3. The highest BCUT2D eigenvalue weighted by molar-refractivity contribution is 5.63. The van der Waals surface area contributed by atoms with E-state index >= 15 is 0 Å². The van der Waals surface area contributed by atoms with Crippen LogP contribution in [0.15, 0.2) is 73.2 Å². The van der Waals surface area contributed by atoms with Gasteiger partial charge < -0.3 is 5.32 Å². The predicted molar refractivity (Wildman–Crippen MR) is 92.7 cm³/mol. The smallest absolute Gasteiger partial charge is 0.0700 e. The van der Waals surface area contributed by atoms with Crippen molar-refractivity contribution in [3.63, 3.8) is 0 Å². The van der Waals surface area contributed by atoms with Crippen LogP contribution in [0.3, 0.4) is 0 Å². The summed E-state index contributed by atoms with van der Waals surface area (Å²) in [7, 11) is 0. The van der Waals surface area contributed by atoms with E-state index in [9.17, 15) is 0 Å². The van der Waals surface area contributed by atoms with Gasteiger partial charge in [-0.2, -0.15) is 5.10 Å². The molecule has 0 atom stereocenters. The molecule has 0 amide bonds. The Kier molecular flexibility index (Phi) is 3.77. The van der Waals surface area contributed by atoms with Crippen molar-refractivity contribution in [3.8, 4) is 16.9 Å². The molecule has 2 aromatic carbocycles. The van der Waals surface area contributed by atoms with Gasteiger partial charge in [0.1, 0.15) is 0 Å². The van der Waals surface area contributed by atoms with Gasteiger partial charge in [-0.1, -0.05) is 35.5 Å². The van der Waals surface area contributed by atoms with E-state index in [2.05, 4.69) is 38.0 Å². The molecule has 0 aliphatic carbocycles. The third-order valence-electron chi connectivity index (χ3n) is 3.82. The maximum Gasteiger partial charge on any atom is 0.0700 e. The average Bonchev–Trinajstić information content (AvgIpc) is 3.33. The van der Waals surface area contributed by atoms with E-state index < -0.39 is 0 Å². The first-order valence-electron chi connectivity index (χ1n) is 7.68. The van der Waals surface area contributed by atoms with Crippen molar-refractivity contribution in [1.29, 1.82) is 0 Å². The summed E-state index contributed by atoms with van der Waals surface area (Å²) in [5.74, 6) is 0. The van der Waals surface area contributed by atoms with E-state index in [1.165, 1.54) is 0 Å². The zero-order valence-corrected chi connectivity index (χ0v) is 12.9. The van der Waals surface area contributed by atoms with E-state index in [-0.39, 0.29) is 0 Å². The van der Waals surface area contributed by atoms with Gasteiger partial charge in [0.05, 0.1) is 30.0 Å². The van der Waals surface area contributed by atoms with Gasteiger partial charge in [0.25, 0.3) is 0 Å². The largest absolute Gasteiger partial charge is 0.381 e. The third-order valence-corrected chi connectivity index (χ3v) is 3.82. The molecule has 4 aromatic rings. The van der Waals surface area contributed by atoms with Gasteiger partial charge in [-0.25, -0.2) is 4.68 Å². The minimum atomic E-state index is 0.698. The van der Waals surface area contributed by atoms with Crippen LogP contribution in [-0.4, -0.2) is 25.2 Å². The second-order valence-electron chi connectivity index (χ2n) is 5.38. The minimum absolute atomic E-state index is 0.698. The second-order valence-corrected chi connectivity index (χ2v) is 5.38. The summed E-state index contributed by atoms with van der Waals surface area (Å²) in [5, 5.41) is 18.5. The monoisotopic (exact) mass is 316 g/mol. The number of aromatic amines is 1. The fraction of sp³-hybridized carbons (Fsp3) is 0.0556. The summed E-state index contributed by atoms with van der Waals surface area (Å²) >= 11 is 0. The predicted octanol–water partition coefficient (Wildman–Crippen LogP) is 3.27. The molecule has 118 valence electrons. The molecule has 6 heteroatoms. The average molecular weight is 316 g/mol. The van der Waals surface area contributed by atoms with Crippen LogP contribution in [-0.2, 0) is 6.54 Å². The molecule has 0 fully saturated rings. The van der Waals surface area contributed by atoms with Crippen LogP contribution in [0.5, 0.6) is 0 Å². The fourth-order valence-corrected chi connectivity index (χ4v) is 2.58. The molecule has 0 spiro atoms. The van der Waals surface area contributed by atoms with Crippen LogP contribution in [0.4, 0.5) is 5.69 Å². The maximum atomic E-state index is 4.18. The zero-order valence-electron chi connectivity index (χ0n) is 12.9. The molecule has 0 radical (unpaired) electrons. The van der Waals surface area contributed by atoms with Crippen LogP contribution in [0.25, 0.3) is 16.9 Å². The van der Waals surface area contributed by atoms with Crippen molar-refractivity contribution >= 4 is 5.69 Å². The number of hydrogen-bond donors (Lipinski definition) is 2. The number of rotatable bonds is 5. The van der Waals surface area contributed by atoms with Gasteiger partial charge in [-0.15, -0.1) is 5.10 Å². The van der Waals surface area contributed by atoms with Gasteiger partial charge in [0.15, 0.2) is 0 Å². The lowest BCUT2D eigenvalue weighted by atomic mass is 10.1. The first kappa shape index (κ1) is 14.2. The molecule has 0 saturated heterocycles. The molecule has 2 N–H and O–H groups in total. The summed E-state index contributed by atoms with van der Waals surface area (Å²) in [6.07, 6.45) is 5.34. The van der Waals surface area contributed by atoms with Gasteiger partial charge >= 0.3 is 0 Å². The molecule has 2 aromatic heterocycles. The van der Waals surface area contributed by atoms with E-state index in [4.69, 9.17) is 0 Å². The highest BCUT2D eigenvalue weighted by atomic mass is 15.4. The number of anilines is 1. The topological polar surface area (TPSA) is 71.4 Å². The Morgan fingerprint density at radius 1 is 1.00 bits per heavy atom. The number of nitrogens with one attached hydrogen (secondary N) is 2. The standard InChI is InChI=1S/C18H16N6/c1-2-4-14(5-3-1)18-15(13-21-22-18)12-19-16-6-8-17(9-7-16)24-11-10-20-23-24/h1-11,13,19H,12H2,(H,21,22).